The van der Waals surface area contributed by atoms with Crippen LogP contribution in [0.3, 0.4) is 0 Å². The number of carbonyl (C=O) groups is 2. The lowest BCUT2D eigenvalue weighted by molar-refractivity contribution is -0.140. The largest absolute Gasteiger partial charge is 0.507 e. The molecule has 1 fully saturated rings. The summed E-state index contributed by atoms with van der Waals surface area (Å²) in [4.78, 5) is 31.7. The molecule has 0 spiro atoms. The Kier molecular flexibility index (Phi) is 6.03. The van der Waals surface area contributed by atoms with E-state index in [1.165, 1.54) is 4.90 Å². The van der Waals surface area contributed by atoms with E-state index < -0.39 is 17.7 Å². The molecule has 1 aliphatic heterocycles. The number of nitrogens with zero attached hydrogens (tertiary/aromatic N) is 2. The number of aliphatic hydroxyl groups is 1. The van der Waals surface area contributed by atoms with Crippen molar-refractivity contribution in [2.24, 2.45) is 0 Å². The molecule has 162 valence electrons. The molecule has 2 aromatic carbocycles. The van der Waals surface area contributed by atoms with E-state index in [-0.39, 0.29) is 17.9 Å². The number of ketones is 1. The number of benzene rings is 2. The molecule has 32 heavy (non-hydrogen) atoms. The molecule has 1 saturated heterocycles. The minimum absolute atomic E-state index is 0.0758. The van der Waals surface area contributed by atoms with E-state index in [1.54, 1.807) is 42.7 Å². The third-order valence-electron chi connectivity index (χ3n) is 5.45. The molecule has 0 saturated carbocycles. The first-order valence-electron chi connectivity index (χ1n) is 10.5. The Labute approximate surface area is 186 Å². The zero-order chi connectivity index (χ0) is 22.7. The van der Waals surface area contributed by atoms with E-state index in [4.69, 9.17) is 4.74 Å². The van der Waals surface area contributed by atoms with Crippen LogP contribution >= 0.6 is 0 Å². The molecule has 1 aliphatic rings. The van der Waals surface area contributed by atoms with Crippen molar-refractivity contribution in [1.29, 1.82) is 0 Å². The highest BCUT2D eigenvalue weighted by Crippen LogP contribution is 2.40. The van der Waals surface area contributed by atoms with Crippen LogP contribution in [0.5, 0.6) is 5.75 Å². The van der Waals surface area contributed by atoms with Crippen LogP contribution in [0.15, 0.2) is 78.6 Å². The fourth-order valence-electron chi connectivity index (χ4n) is 3.86. The van der Waals surface area contributed by atoms with Gasteiger partial charge in [0.2, 0.25) is 0 Å². The number of aryl methyl sites for hydroxylation is 1. The zero-order valence-corrected chi connectivity index (χ0v) is 18.0. The number of hydrogen-bond acceptors (Lipinski definition) is 5. The Balaban J connectivity index is 1.83. The van der Waals surface area contributed by atoms with Gasteiger partial charge in [-0.1, -0.05) is 48.0 Å². The number of pyridine rings is 1. The molecule has 0 radical (unpaired) electrons. The van der Waals surface area contributed by atoms with Crippen LogP contribution < -0.4 is 4.74 Å². The molecule has 1 aromatic heterocycles. The van der Waals surface area contributed by atoms with Gasteiger partial charge in [0.1, 0.15) is 11.5 Å². The number of carbonyl (C=O) groups excluding carboxylic acids is 2. The molecule has 3 aromatic rings. The van der Waals surface area contributed by atoms with Gasteiger partial charge in [-0.05, 0) is 43.2 Å². The van der Waals surface area contributed by atoms with E-state index >= 15 is 0 Å². The van der Waals surface area contributed by atoms with Gasteiger partial charge in [-0.3, -0.25) is 14.6 Å². The number of rotatable bonds is 6. The summed E-state index contributed by atoms with van der Waals surface area (Å²) in [6.45, 7) is 4.57. The van der Waals surface area contributed by atoms with Crippen LogP contribution in [0, 0.1) is 6.92 Å². The van der Waals surface area contributed by atoms with Crippen molar-refractivity contribution in [3.63, 3.8) is 0 Å². The lowest BCUT2D eigenvalue weighted by atomic mass is 9.95. The highest BCUT2D eigenvalue weighted by Gasteiger charge is 2.46. The van der Waals surface area contributed by atoms with Gasteiger partial charge < -0.3 is 14.7 Å². The maximum Gasteiger partial charge on any atom is 0.295 e. The predicted molar refractivity (Wildman–Crippen MR) is 121 cm³/mol. The third kappa shape index (κ3) is 4.12. The summed E-state index contributed by atoms with van der Waals surface area (Å²) in [7, 11) is 0. The van der Waals surface area contributed by atoms with E-state index in [9.17, 15) is 14.7 Å². The van der Waals surface area contributed by atoms with Gasteiger partial charge in [-0.15, -0.1) is 0 Å². The van der Waals surface area contributed by atoms with Crippen molar-refractivity contribution < 1.29 is 19.4 Å². The number of Topliss-reactive ketones (excluding diaryl/α,β-unsaturated/α-hetero) is 1. The summed E-state index contributed by atoms with van der Waals surface area (Å²) >= 11 is 0. The molecule has 6 heteroatoms. The predicted octanol–water partition coefficient (Wildman–Crippen LogP) is 4.41. The minimum atomic E-state index is -0.729. The molecule has 1 atom stereocenters. The molecule has 1 amide bonds. The summed E-state index contributed by atoms with van der Waals surface area (Å²) in [5, 5.41) is 11.1. The number of hydrogen-bond donors (Lipinski definition) is 1. The molecular weight excluding hydrogens is 404 g/mol. The van der Waals surface area contributed by atoms with Crippen molar-refractivity contribution in [1.82, 2.24) is 9.88 Å². The highest BCUT2D eigenvalue weighted by molar-refractivity contribution is 6.46. The first kappa shape index (κ1) is 21.3. The van der Waals surface area contributed by atoms with E-state index in [1.807, 2.05) is 44.2 Å². The maximum absolute atomic E-state index is 13.1. The van der Waals surface area contributed by atoms with Crippen LogP contribution in [-0.4, -0.2) is 33.3 Å². The molecule has 0 bridgehead atoms. The van der Waals surface area contributed by atoms with Crippen molar-refractivity contribution >= 4 is 17.4 Å². The van der Waals surface area contributed by atoms with Gasteiger partial charge in [-0.2, -0.15) is 0 Å². The second kappa shape index (κ2) is 9.06. The smallest absolute Gasteiger partial charge is 0.295 e. The number of aromatic nitrogens is 1. The van der Waals surface area contributed by atoms with E-state index in [0.29, 0.717) is 23.5 Å². The van der Waals surface area contributed by atoms with Gasteiger partial charge in [0.25, 0.3) is 11.7 Å². The summed E-state index contributed by atoms with van der Waals surface area (Å²) in [6.07, 6.45) is 3.31. The molecule has 0 aliphatic carbocycles. The monoisotopic (exact) mass is 428 g/mol. The Morgan fingerprint density at radius 2 is 1.78 bits per heavy atom. The average molecular weight is 428 g/mol. The van der Waals surface area contributed by atoms with Crippen molar-refractivity contribution in [2.75, 3.05) is 6.61 Å². The summed E-state index contributed by atoms with van der Waals surface area (Å²) in [6, 6.07) is 17.3. The minimum Gasteiger partial charge on any atom is -0.507 e. The Bertz CT molecular complexity index is 1150. The van der Waals surface area contributed by atoms with Gasteiger partial charge >= 0.3 is 0 Å². The normalized spacial score (nSPS) is 17.6. The lowest BCUT2D eigenvalue weighted by Gasteiger charge is -2.25. The van der Waals surface area contributed by atoms with Gasteiger partial charge in [0.05, 0.1) is 18.2 Å². The van der Waals surface area contributed by atoms with Crippen LogP contribution in [0.4, 0.5) is 0 Å². The quantitative estimate of drug-likeness (QED) is 0.357. The summed E-state index contributed by atoms with van der Waals surface area (Å²) in [5.41, 5.74) is 3.10. The van der Waals surface area contributed by atoms with Gasteiger partial charge in [0.15, 0.2) is 0 Å². The third-order valence-corrected chi connectivity index (χ3v) is 5.45. The second-order valence-electron chi connectivity index (χ2n) is 7.66. The van der Waals surface area contributed by atoms with Crippen molar-refractivity contribution in [3.8, 4) is 5.75 Å². The second-order valence-corrected chi connectivity index (χ2v) is 7.66. The van der Waals surface area contributed by atoms with Crippen molar-refractivity contribution in [3.05, 3.63) is 101 Å². The van der Waals surface area contributed by atoms with E-state index in [2.05, 4.69) is 4.98 Å². The highest BCUT2D eigenvalue weighted by atomic mass is 16.5. The SMILES string of the molecule is CCOc1ccc([C@H]2/C(=C(\O)c3ccc(C)cc3)C(=O)C(=O)N2Cc2cccnc2)cc1. The fraction of sp³-hybridized carbons (Fsp3) is 0.192. The summed E-state index contributed by atoms with van der Waals surface area (Å²) in [5.74, 6) is -0.845. The molecule has 1 N–H and O–H groups in total. The molecule has 4 rings (SSSR count). The topological polar surface area (TPSA) is 79.7 Å². The molecular formula is C26H24N2O4. The number of aliphatic hydroxyl groups excluding tert-OH is 1. The maximum atomic E-state index is 13.1. The Morgan fingerprint density at radius 1 is 1.06 bits per heavy atom. The lowest BCUT2D eigenvalue weighted by Crippen LogP contribution is -2.29. The van der Waals surface area contributed by atoms with Crippen molar-refractivity contribution in [2.45, 2.75) is 26.4 Å². The van der Waals surface area contributed by atoms with Crippen LogP contribution in [0.1, 0.15) is 35.2 Å². The first-order valence-corrected chi connectivity index (χ1v) is 10.5. The van der Waals surface area contributed by atoms with Gasteiger partial charge in [-0.25, -0.2) is 0 Å². The average Bonchev–Trinajstić information content (AvgIpc) is 3.05. The molecule has 6 nitrogen and oxygen atoms in total. The van der Waals surface area contributed by atoms with Crippen LogP contribution in [0.25, 0.3) is 5.76 Å². The fourth-order valence-corrected chi connectivity index (χ4v) is 3.86. The van der Waals surface area contributed by atoms with Gasteiger partial charge in [0, 0.05) is 24.5 Å². The Hall–Kier alpha value is -3.93. The zero-order valence-electron chi connectivity index (χ0n) is 18.0. The first-order chi connectivity index (χ1) is 15.5. The number of ether oxygens (including phenoxy) is 1. The Morgan fingerprint density at radius 3 is 2.41 bits per heavy atom. The molecule has 0 unspecified atom stereocenters. The number of likely N-dealkylation sites (tertiary alicyclic amines) is 1. The standard InChI is InChI=1S/C26H24N2O4/c1-3-32-21-12-10-19(11-13-21)23-22(24(29)20-8-6-17(2)7-9-20)25(30)26(31)28(23)16-18-5-4-14-27-15-18/h4-15,23,29H,3,16H2,1-2H3/b24-22+/t23-/m0/s1. The van der Waals surface area contributed by atoms with Crippen LogP contribution in [-0.2, 0) is 16.1 Å². The summed E-state index contributed by atoms with van der Waals surface area (Å²) < 4.78 is 5.53. The number of amides is 1. The van der Waals surface area contributed by atoms with Crippen LogP contribution in [0.2, 0.25) is 0 Å². The molecule has 2 heterocycles. The van der Waals surface area contributed by atoms with E-state index in [0.717, 1.165) is 11.1 Å².